The number of ether oxygens (including phenoxy) is 1. The third-order valence-electron chi connectivity index (χ3n) is 8.60. The van der Waals surface area contributed by atoms with Crippen molar-refractivity contribution in [2.24, 2.45) is 0 Å². The summed E-state index contributed by atoms with van der Waals surface area (Å²) < 4.78 is 11.3. The quantitative estimate of drug-likeness (QED) is 0.254. The number of hydrogen-bond donors (Lipinski definition) is 2. The monoisotopic (exact) mass is 589 g/mol. The van der Waals surface area contributed by atoms with Gasteiger partial charge in [0.15, 0.2) is 0 Å². The minimum absolute atomic E-state index is 0.00875. The highest BCUT2D eigenvalue weighted by atomic mass is 16.5. The first-order chi connectivity index (χ1) is 21.3. The van der Waals surface area contributed by atoms with Gasteiger partial charge in [-0.3, -0.25) is 9.69 Å². The summed E-state index contributed by atoms with van der Waals surface area (Å²) in [6.45, 7) is 9.83. The number of nitrogens with one attached hydrogen (secondary N) is 2. The number of aromatic amines is 1. The smallest absolute Gasteiger partial charge is 0.238 e. The van der Waals surface area contributed by atoms with Gasteiger partial charge in [0.2, 0.25) is 5.91 Å². The first-order valence-electron chi connectivity index (χ1n) is 14.8. The summed E-state index contributed by atoms with van der Waals surface area (Å²) in [6, 6.07) is 16.3. The number of rotatable bonds is 6. The molecule has 3 aromatic carbocycles. The van der Waals surface area contributed by atoms with Crippen molar-refractivity contribution in [3.8, 4) is 28.1 Å². The highest BCUT2D eigenvalue weighted by molar-refractivity contribution is 6.17. The molecular formula is C34H35N7O3. The number of piperazine rings is 1. The Morgan fingerprint density at radius 1 is 0.977 bits per heavy atom. The Bertz CT molecular complexity index is 2030. The van der Waals surface area contributed by atoms with Crippen LogP contribution in [0.1, 0.15) is 17.3 Å². The number of amides is 1. The van der Waals surface area contributed by atoms with Gasteiger partial charge in [0.05, 0.1) is 36.0 Å². The van der Waals surface area contributed by atoms with E-state index in [1.807, 2.05) is 57.2 Å². The van der Waals surface area contributed by atoms with Crippen LogP contribution in [0.4, 0.5) is 5.69 Å². The van der Waals surface area contributed by atoms with E-state index in [0.717, 1.165) is 98.4 Å². The van der Waals surface area contributed by atoms with Crippen LogP contribution in [0.5, 0.6) is 5.75 Å². The minimum atomic E-state index is -0.00875. The largest absolute Gasteiger partial charge is 0.496 e. The average Bonchev–Trinajstić information content (AvgIpc) is 3.54. The topological polar surface area (TPSA) is 112 Å². The molecule has 44 heavy (non-hydrogen) atoms. The fourth-order valence-corrected chi connectivity index (χ4v) is 6.38. The number of aryl methyl sites for hydroxylation is 3. The van der Waals surface area contributed by atoms with Gasteiger partial charge in [-0.25, -0.2) is 9.97 Å². The predicted octanol–water partition coefficient (Wildman–Crippen LogP) is 5.71. The lowest BCUT2D eigenvalue weighted by Crippen LogP contribution is -2.47. The van der Waals surface area contributed by atoms with Gasteiger partial charge in [-0.15, -0.1) is 0 Å². The second-order valence-corrected chi connectivity index (χ2v) is 11.6. The third-order valence-corrected chi connectivity index (χ3v) is 8.60. The Morgan fingerprint density at radius 3 is 2.48 bits per heavy atom. The van der Waals surface area contributed by atoms with Crippen LogP contribution in [0.15, 0.2) is 53.1 Å². The number of fused-ring (bicyclic) bond motifs is 4. The molecule has 224 valence electrons. The van der Waals surface area contributed by atoms with E-state index >= 15 is 0 Å². The van der Waals surface area contributed by atoms with Gasteiger partial charge in [-0.05, 0) is 51.4 Å². The van der Waals surface area contributed by atoms with Gasteiger partial charge in [0.25, 0.3) is 0 Å². The second kappa shape index (κ2) is 11.0. The summed E-state index contributed by atoms with van der Waals surface area (Å²) in [5.74, 6) is 2.09. The summed E-state index contributed by atoms with van der Waals surface area (Å²) in [7, 11) is 3.78. The molecule has 1 aliphatic heterocycles. The van der Waals surface area contributed by atoms with E-state index < -0.39 is 0 Å². The molecule has 3 aromatic heterocycles. The third kappa shape index (κ3) is 4.86. The number of carbonyl (C=O) groups excluding carboxylic acids is 1. The lowest BCUT2D eigenvalue weighted by Gasteiger charge is -2.31. The summed E-state index contributed by atoms with van der Waals surface area (Å²) in [6.07, 6.45) is 0. The van der Waals surface area contributed by atoms with Crippen molar-refractivity contribution in [1.29, 1.82) is 0 Å². The molecule has 7 rings (SSSR count). The Labute approximate surface area is 255 Å². The number of hydrogen-bond acceptors (Lipinski definition) is 8. The van der Waals surface area contributed by atoms with E-state index in [1.165, 1.54) is 0 Å². The zero-order valence-electron chi connectivity index (χ0n) is 25.6. The number of likely N-dealkylation sites (N-methyl/N-ethyl adjacent to an activating group) is 1. The van der Waals surface area contributed by atoms with Crippen LogP contribution >= 0.6 is 0 Å². The number of carbonyl (C=O) groups is 1. The van der Waals surface area contributed by atoms with E-state index in [9.17, 15) is 4.79 Å². The van der Waals surface area contributed by atoms with Gasteiger partial charge in [-0.1, -0.05) is 35.5 Å². The van der Waals surface area contributed by atoms with Crippen LogP contribution in [0.2, 0.25) is 0 Å². The first kappa shape index (κ1) is 28.0. The Kier molecular flexibility index (Phi) is 7.02. The molecule has 0 spiro atoms. The fourth-order valence-electron chi connectivity index (χ4n) is 6.38. The number of H-pyrrole nitrogens is 1. The number of anilines is 1. The van der Waals surface area contributed by atoms with E-state index in [0.29, 0.717) is 18.1 Å². The van der Waals surface area contributed by atoms with Crippen LogP contribution in [0.3, 0.4) is 0 Å². The maximum atomic E-state index is 13.1. The lowest BCUT2D eigenvalue weighted by atomic mass is 9.97. The Balaban J connectivity index is 1.34. The molecule has 10 heteroatoms. The van der Waals surface area contributed by atoms with Crippen molar-refractivity contribution in [2.45, 2.75) is 20.8 Å². The summed E-state index contributed by atoms with van der Waals surface area (Å²) in [5.41, 5.74) is 6.84. The SMILES string of the molecule is COc1cc2c(cc1-c1c(C)noc1C)[nH]c1nc(C)nc(-c3ccc(NC(=O)CN4CCN(C)CC4)c4ccccc34)c12. The summed E-state index contributed by atoms with van der Waals surface area (Å²) in [5, 5.41) is 11.1. The minimum Gasteiger partial charge on any atom is -0.496 e. The first-order valence-corrected chi connectivity index (χ1v) is 14.8. The highest BCUT2D eigenvalue weighted by Gasteiger charge is 2.23. The van der Waals surface area contributed by atoms with Gasteiger partial charge >= 0.3 is 0 Å². The normalized spacial score (nSPS) is 14.6. The van der Waals surface area contributed by atoms with Crippen molar-refractivity contribution >= 4 is 44.3 Å². The molecule has 0 radical (unpaired) electrons. The molecule has 2 N–H and O–H groups in total. The maximum Gasteiger partial charge on any atom is 0.238 e. The van der Waals surface area contributed by atoms with E-state index in [-0.39, 0.29) is 5.91 Å². The zero-order valence-corrected chi connectivity index (χ0v) is 25.6. The number of nitrogens with zero attached hydrogens (tertiary/aromatic N) is 5. The van der Waals surface area contributed by atoms with Crippen molar-refractivity contribution in [1.82, 2.24) is 29.9 Å². The van der Waals surface area contributed by atoms with Crippen LogP contribution in [-0.2, 0) is 4.79 Å². The summed E-state index contributed by atoms with van der Waals surface area (Å²) >= 11 is 0. The van der Waals surface area contributed by atoms with Crippen LogP contribution in [0.25, 0.3) is 55.1 Å². The number of benzene rings is 3. The van der Waals surface area contributed by atoms with Crippen molar-refractivity contribution in [3.63, 3.8) is 0 Å². The molecule has 0 aliphatic carbocycles. The molecule has 1 aliphatic rings. The van der Waals surface area contributed by atoms with Gasteiger partial charge in [-0.2, -0.15) is 0 Å². The molecule has 0 bridgehead atoms. The molecule has 0 atom stereocenters. The van der Waals surface area contributed by atoms with E-state index in [4.69, 9.17) is 19.2 Å². The van der Waals surface area contributed by atoms with E-state index in [1.54, 1.807) is 7.11 Å². The molecule has 0 saturated carbocycles. The highest BCUT2D eigenvalue weighted by Crippen LogP contribution is 2.42. The molecule has 1 fully saturated rings. The van der Waals surface area contributed by atoms with Crippen molar-refractivity contribution in [2.75, 3.05) is 52.2 Å². The van der Waals surface area contributed by atoms with Gasteiger partial charge in [0, 0.05) is 59.3 Å². The molecule has 0 unspecified atom stereocenters. The maximum absolute atomic E-state index is 13.1. The van der Waals surface area contributed by atoms with Crippen LogP contribution in [-0.4, -0.2) is 82.7 Å². The predicted molar refractivity (Wildman–Crippen MR) is 173 cm³/mol. The molecule has 6 aromatic rings. The molecule has 1 saturated heterocycles. The number of methoxy groups -OCH3 is 1. The van der Waals surface area contributed by atoms with Crippen LogP contribution in [0, 0.1) is 20.8 Å². The van der Waals surface area contributed by atoms with Gasteiger partial charge < -0.3 is 24.5 Å². The Hall–Kier alpha value is -4.80. The second-order valence-electron chi connectivity index (χ2n) is 11.6. The van der Waals surface area contributed by atoms with Crippen molar-refractivity contribution in [3.05, 3.63) is 65.8 Å². The molecular weight excluding hydrogens is 554 g/mol. The fraction of sp³-hybridized carbons (Fsp3) is 0.294. The van der Waals surface area contributed by atoms with Crippen molar-refractivity contribution < 1.29 is 14.1 Å². The van der Waals surface area contributed by atoms with Crippen LogP contribution < -0.4 is 10.1 Å². The molecule has 1 amide bonds. The Morgan fingerprint density at radius 2 is 1.75 bits per heavy atom. The van der Waals surface area contributed by atoms with Gasteiger partial charge in [0.1, 0.15) is 23.0 Å². The lowest BCUT2D eigenvalue weighted by molar-refractivity contribution is -0.117. The van der Waals surface area contributed by atoms with E-state index in [2.05, 4.69) is 44.4 Å². The summed E-state index contributed by atoms with van der Waals surface area (Å²) in [4.78, 5) is 30.9. The standard InChI is InChI=1S/C34H35N7O3/c1-19-31(20(2)44-39-19)26-16-28-25(17-29(26)43-5)32-33(35-21(3)36-34(32)38-28)24-10-11-27(23-9-7-6-8-22(23)24)37-30(42)18-41-14-12-40(4)13-15-41/h6-11,16-17H,12-15,18H2,1-5H3,(H,37,42)(H,35,36,38). The molecule has 4 heterocycles. The zero-order chi connectivity index (χ0) is 30.5. The number of aromatic nitrogens is 4. The molecule has 10 nitrogen and oxygen atoms in total. The average molecular weight is 590 g/mol.